The number of ether oxygens (including phenoxy) is 2. The molecule has 20 heavy (non-hydrogen) atoms. The van der Waals surface area contributed by atoms with Gasteiger partial charge in [-0.3, -0.25) is 5.41 Å². The van der Waals surface area contributed by atoms with Gasteiger partial charge in [0.25, 0.3) is 0 Å². The molecule has 0 saturated carbocycles. The summed E-state index contributed by atoms with van der Waals surface area (Å²) in [6.07, 6.45) is 0. The average molecular weight is 280 g/mol. The minimum Gasteiger partial charge on any atom is -0.384 e. The summed E-state index contributed by atoms with van der Waals surface area (Å²) in [4.78, 5) is 6.60. The van der Waals surface area contributed by atoms with Crippen LogP contribution in [0.25, 0.3) is 0 Å². The summed E-state index contributed by atoms with van der Waals surface area (Å²) < 4.78 is 10.3. The molecule has 3 N–H and O–H groups in total. The maximum absolute atomic E-state index is 7.78. The van der Waals surface area contributed by atoms with Crippen molar-refractivity contribution in [1.82, 2.24) is 4.98 Å². The molecule has 0 saturated heterocycles. The molecule has 0 aliphatic heterocycles. The van der Waals surface area contributed by atoms with Crippen LogP contribution < -0.4 is 10.6 Å². The van der Waals surface area contributed by atoms with Gasteiger partial charge in [0.1, 0.15) is 11.7 Å². The number of aromatic nitrogens is 1. The summed E-state index contributed by atoms with van der Waals surface area (Å²) in [5.41, 5.74) is 8.26. The van der Waals surface area contributed by atoms with E-state index in [1.807, 2.05) is 24.8 Å². The Morgan fingerprint density at radius 2 is 1.80 bits per heavy atom. The second kappa shape index (κ2) is 7.81. The van der Waals surface area contributed by atoms with Crippen LogP contribution in [0.5, 0.6) is 0 Å². The smallest absolute Gasteiger partial charge is 0.140 e. The van der Waals surface area contributed by atoms with Crippen molar-refractivity contribution in [2.45, 2.75) is 13.8 Å². The van der Waals surface area contributed by atoms with Crippen LogP contribution in [-0.2, 0) is 9.47 Å². The lowest BCUT2D eigenvalue weighted by Gasteiger charge is -2.26. The molecule has 112 valence electrons. The number of nitrogen functional groups attached to an aromatic ring is 1. The van der Waals surface area contributed by atoms with Crippen molar-refractivity contribution in [2.75, 3.05) is 45.4 Å². The molecule has 0 aliphatic carbocycles. The first kappa shape index (κ1) is 16.4. The van der Waals surface area contributed by atoms with Crippen molar-refractivity contribution in [3.05, 3.63) is 22.9 Å². The number of nitrogens with zero attached hydrogens (tertiary/aromatic N) is 2. The zero-order valence-electron chi connectivity index (χ0n) is 12.7. The number of hydrogen-bond acceptors (Lipinski definition) is 5. The molecule has 0 radical (unpaired) electrons. The third kappa shape index (κ3) is 4.18. The SMILES string of the molecule is COCCN(CCOC)c1nc(C)cc(C)c1C(=N)N. The summed E-state index contributed by atoms with van der Waals surface area (Å²) in [7, 11) is 3.32. The van der Waals surface area contributed by atoms with Crippen LogP contribution in [0.1, 0.15) is 16.8 Å². The molecule has 0 amide bonds. The Bertz CT molecular complexity index is 455. The Hall–Kier alpha value is -1.66. The van der Waals surface area contributed by atoms with Gasteiger partial charge in [-0.1, -0.05) is 0 Å². The van der Waals surface area contributed by atoms with Crippen LogP contribution >= 0.6 is 0 Å². The van der Waals surface area contributed by atoms with Gasteiger partial charge in [-0.15, -0.1) is 0 Å². The van der Waals surface area contributed by atoms with Gasteiger partial charge < -0.3 is 20.1 Å². The zero-order chi connectivity index (χ0) is 15.1. The number of hydrogen-bond donors (Lipinski definition) is 2. The highest BCUT2D eigenvalue weighted by Crippen LogP contribution is 2.22. The highest BCUT2D eigenvalue weighted by atomic mass is 16.5. The van der Waals surface area contributed by atoms with E-state index in [0.717, 1.165) is 17.1 Å². The average Bonchev–Trinajstić information content (AvgIpc) is 2.37. The molecule has 0 fully saturated rings. The minimum absolute atomic E-state index is 0.0323. The maximum atomic E-state index is 7.78. The van der Waals surface area contributed by atoms with Crippen LogP contribution in [0.2, 0.25) is 0 Å². The number of nitrogens with two attached hydrogens (primary N) is 1. The summed E-state index contributed by atoms with van der Waals surface area (Å²) in [6, 6.07) is 1.94. The number of aryl methyl sites for hydroxylation is 2. The molecule has 0 aliphatic rings. The molecule has 1 rings (SSSR count). The fourth-order valence-electron chi connectivity index (χ4n) is 2.11. The van der Waals surface area contributed by atoms with Crippen molar-refractivity contribution in [3.8, 4) is 0 Å². The van der Waals surface area contributed by atoms with E-state index in [-0.39, 0.29) is 5.84 Å². The summed E-state index contributed by atoms with van der Waals surface area (Å²) >= 11 is 0. The van der Waals surface area contributed by atoms with Crippen molar-refractivity contribution in [1.29, 1.82) is 5.41 Å². The normalized spacial score (nSPS) is 10.6. The van der Waals surface area contributed by atoms with E-state index in [1.165, 1.54) is 0 Å². The lowest BCUT2D eigenvalue weighted by atomic mass is 10.1. The maximum Gasteiger partial charge on any atom is 0.140 e. The van der Waals surface area contributed by atoms with Gasteiger partial charge in [-0.25, -0.2) is 4.98 Å². The van der Waals surface area contributed by atoms with Gasteiger partial charge in [0, 0.05) is 33.0 Å². The first-order valence-corrected chi connectivity index (χ1v) is 6.56. The fraction of sp³-hybridized carbons (Fsp3) is 0.571. The predicted molar refractivity (Wildman–Crippen MR) is 80.7 cm³/mol. The molecule has 1 heterocycles. The van der Waals surface area contributed by atoms with Crippen LogP contribution in [0, 0.1) is 19.3 Å². The van der Waals surface area contributed by atoms with Crippen molar-refractivity contribution < 1.29 is 9.47 Å². The lowest BCUT2D eigenvalue weighted by molar-refractivity contribution is 0.190. The second-order valence-electron chi connectivity index (χ2n) is 4.67. The number of anilines is 1. The Morgan fingerprint density at radius 3 is 2.25 bits per heavy atom. The third-order valence-electron chi connectivity index (χ3n) is 3.03. The highest BCUT2D eigenvalue weighted by Gasteiger charge is 2.17. The van der Waals surface area contributed by atoms with Gasteiger partial charge >= 0.3 is 0 Å². The highest BCUT2D eigenvalue weighted by molar-refractivity contribution is 6.01. The molecule has 0 atom stereocenters. The number of methoxy groups -OCH3 is 2. The zero-order valence-corrected chi connectivity index (χ0v) is 12.7. The van der Waals surface area contributed by atoms with E-state index in [4.69, 9.17) is 20.6 Å². The van der Waals surface area contributed by atoms with Crippen molar-refractivity contribution in [3.63, 3.8) is 0 Å². The number of amidine groups is 1. The van der Waals surface area contributed by atoms with Crippen LogP contribution in [0.4, 0.5) is 5.82 Å². The minimum atomic E-state index is 0.0323. The van der Waals surface area contributed by atoms with Crippen LogP contribution in [0.3, 0.4) is 0 Å². The van der Waals surface area contributed by atoms with Crippen LogP contribution in [-0.4, -0.2) is 51.3 Å². The van der Waals surface area contributed by atoms with E-state index < -0.39 is 0 Å². The molecule has 0 bridgehead atoms. The van der Waals surface area contributed by atoms with E-state index in [0.29, 0.717) is 31.9 Å². The van der Waals surface area contributed by atoms with E-state index in [2.05, 4.69) is 4.98 Å². The van der Waals surface area contributed by atoms with Gasteiger partial charge in [-0.2, -0.15) is 0 Å². The Kier molecular flexibility index (Phi) is 6.41. The largest absolute Gasteiger partial charge is 0.384 e. The molecule has 1 aromatic heterocycles. The van der Waals surface area contributed by atoms with E-state index >= 15 is 0 Å². The second-order valence-corrected chi connectivity index (χ2v) is 4.67. The molecule has 0 spiro atoms. The topological polar surface area (TPSA) is 84.5 Å². The molecule has 6 heteroatoms. The summed E-state index contributed by atoms with van der Waals surface area (Å²) in [5.74, 6) is 0.758. The number of nitrogens with one attached hydrogen (secondary N) is 1. The fourth-order valence-corrected chi connectivity index (χ4v) is 2.11. The standard InChI is InChI=1S/C14H24N4O2/c1-10-9-11(2)17-14(12(10)13(15)16)18(5-7-19-3)6-8-20-4/h9H,5-8H2,1-4H3,(H3,15,16). The van der Waals surface area contributed by atoms with Crippen molar-refractivity contribution in [2.24, 2.45) is 5.73 Å². The molecule has 0 unspecified atom stereocenters. The molecule has 1 aromatic rings. The van der Waals surface area contributed by atoms with E-state index in [9.17, 15) is 0 Å². The quantitative estimate of drug-likeness (QED) is 0.550. The van der Waals surface area contributed by atoms with Gasteiger partial charge in [-0.05, 0) is 25.5 Å². The van der Waals surface area contributed by atoms with Gasteiger partial charge in [0.2, 0.25) is 0 Å². The van der Waals surface area contributed by atoms with Crippen molar-refractivity contribution >= 4 is 11.7 Å². The summed E-state index contributed by atoms with van der Waals surface area (Å²) in [5, 5.41) is 7.78. The predicted octanol–water partition coefficient (Wildman–Crippen LogP) is 1.08. The van der Waals surface area contributed by atoms with Gasteiger partial charge in [0.05, 0.1) is 18.8 Å². The first-order chi connectivity index (χ1) is 9.51. The molecule has 6 nitrogen and oxygen atoms in total. The molecule has 0 aromatic carbocycles. The Labute approximate surface area is 120 Å². The van der Waals surface area contributed by atoms with Crippen LogP contribution in [0.15, 0.2) is 6.07 Å². The monoisotopic (exact) mass is 280 g/mol. The number of pyridine rings is 1. The lowest BCUT2D eigenvalue weighted by Crippen LogP contribution is -2.34. The number of rotatable bonds is 8. The molecular weight excluding hydrogens is 256 g/mol. The Morgan fingerprint density at radius 1 is 1.25 bits per heavy atom. The first-order valence-electron chi connectivity index (χ1n) is 6.56. The third-order valence-corrected chi connectivity index (χ3v) is 3.03. The Balaban J connectivity index is 3.18. The van der Waals surface area contributed by atoms with E-state index in [1.54, 1.807) is 14.2 Å². The molecular formula is C14H24N4O2. The van der Waals surface area contributed by atoms with Gasteiger partial charge in [0.15, 0.2) is 0 Å². The summed E-state index contributed by atoms with van der Waals surface area (Å²) in [6.45, 7) is 6.39.